The number of para-hydroxylation sites is 2. The minimum absolute atomic E-state index is 0.512. The minimum Gasteiger partial charge on any atom is -0.335 e. The van der Waals surface area contributed by atoms with Crippen LogP contribution >= 0.6 is 0 Å². The van der Waals surface area contributed by atoms with Crippen LogP contribution in [0.4, 0.5) is 0 Å². The fraction of sp³-hybridized carbons (Fsp3) is 0.444. The van der Waals surface area contributed by atoms with E-state index in [2.05, 4.69) is 50.8 Å². The molecule has 2 aromatic heterocycles. The summed E-state index contributed by atoms with van der Waals surface area (Å²) in [5.74, 6) is 2.86. The van der Waals surface area contributed by atoms with Crippen LogP contribution in [0, 0.1) is 0 Å². The summed E-state index contributed by atoms with van der Waals surface area (Å²) in [6.45, 7) is 6.00. The monoisotopic (exact) mass is 309 g/mol. The molecule has 5 nitrogen and oxygen atoms in total. The zero-order valence-corrected chi connectivity index (χ0v) is 13.6. The van der Waals surface area contributed by atoms with Crippen molar-refractivity contribution in [2.45, 2.75) is 45.3 Å². The molecule has 0 amide bonds. The van der Waals surface area contributed by atoms with Crippen LogP contribution in [0.25, 0.3) is 11.0 Å². The molecule has 1 aromatic carbocycles. The van der Waals surface area contributed by atoms with Gasteiger partial charge in [-0.15, -0.1) is 0 Å². The first-order valence-electron chi connectivity index (χ1n) is 8.52. The van der Waals surface area contributed by atoms with Crippen molar-refractivity contribution in [3.8, 4) is 0 Å². The molecule has 1 N–H and O–H groups in total. The molecular weight excluding hydrogens is 286 g/mol. The third kappa shape index (κ3) is 2.65. The van der Waals surface area contributed by atoms with E-state index in [-0.39, 0.29) is 0 Å². The fourth-order valence-electron chi connectivity index (χ4n) is 3.67. The summed E-state index contributed by atoms with van der Waals surface area (Å²) < 4.78 is 4.58. The lowest BCUT2D eigenvalue weighted by molar-refractivity contribution is 0.420. The zero-order valence-electron chi connectivity index (χ0n) is 13.6. The van der Waals surface area contributed by atoms with Crippen LogP contribution in [-0.2, 0) is 19.6 Å². The smallest absolute Gasteiger partial charge is 0.123 e. The van der Waals surface area contributed by atoms with Crippen molar-refractivity contribution in [2.24, 2.45) is 0 Å². The highest BCUT2D eigenvalue weighted by Gasteiger charge is 2.21. The Kier molecular flexibility index (Phi) is 3.87. The van der Waals surface area contributed by atoms with E-state index >= 15 is 0 Å². The van der Waals surface area contributed by atoms with Gasteiger partial charge in [-0.1, -0.05) is 12.1 Å². The molecular formula is C18H23N5. The number of rotatable bonds is 5. The summed E-state index contributed by atoms with van der Waals surface area (Å²) >= 11 is 0. The third-order valence-corrected chi connectivity index (χ3v) is 4.79. The third-order valence-electron chi connectivity index (χ3n) is 4.79. The molecule has 0 fully saturated rings. The molecule has 0 spiro atoms. The highest BCUT2D eigenvalue weighted by atomic mass is 15.1. The number of nitrogens with one attached hydrogen (secondary N) is 1. The van der Waals surface area contributed by atoms with Crippen LogP contribution in [0.1, 0.15) is 37.3 Å². The van der Waals surface area contributed by atoms with E-state index < -0.39 is 0 Å². The van der Waals surface area contributed by atoms with Crippen molar-refractivity contribution >= 4 is 11.0 Å². The fourth-order valence-corrected chi connectivity index (χ4v) is 3.67. The molecule has 0 radical (unpaired) electrons. The number of hydrogen-bond acceptors (Lipinski definition) is 3. The SMILES string of the molecule is CCn1c(CNC[C@@H]2CCCn3ccnc32)nc2ccccc21. The number of benzene rings is 1. The standard InChI is InChI=1S/C18H23N5/c1-2-23-16-8-4-3-7-15(16)21-17(23)13-19-12-14-6-5-10-22-11-9-20-18(14)22/h3-4,7-9,11,14,19H,2,5-6,10,12-13H2,1H3/t14-/m0/s1. The largest absolute Gasteiger partial charge is 0.335 e. The van der Waals surface area contributed by atoms with Gasteiger partial charge in [0.25, 0.3) is 0 Å². The number of hydrogen-bond donors (Lipinski definition) is 1. The number of nitrogens with zero attached hydrogens (tertiary/aromatic N) is 4. The van der Waals surface area contributed by atoms with Crippen LogP contribution < -0.4 is 5.32 Å². The van der Waals surface area contributed by atoms with Gasteiger partial charge in [0.1, 0.15) is 11.6 Å². The Morgan fingerprint density at radius 3 is 3.13 bits per heavy atom. The zero-order chi connectivity index (χ0) is 15.6. The Balaban J connectivity index is 1.46. The lowest BCUT2D eigenvalue weighted by Gasteiger charge is -2.23. The van der Waals surface area contributed by atoms with Crippen molar-refractivity contribution in [3.63, 3.8) is 0 Å². The molecule has 4 rings (SSSR count). The second kappa shape index (κ2) is 6.16. The number of fused-ring (bicyclic) bond motifs is 2. The van der Waals surface area contributed by atoms with Crippen LogP contribution in [-0.4, -0.2) is 25.6 Å². The van der Waals surface area contributed by atoms with E-state index in [4.69, 9.17) is 4.98 Å². The molecule has 23 heavy (non-hydrogen) atoms. The van der Waals surface area contributed by atoms with E-state index in [1.165, 1.54) is 24.2 Å². The van der Waals surface area contributed by atoms with E-state index in [1.807, 2.05) is 12.3 Å². The van der Waals surface area contributed by atoms with Gasteiger partial charge < -0.3 is 14.5 Å². The molecule has 3 aromatic rings. The summed E-state index contributed by atoms with van der Waals surface area (Å²) in [5, 5.41) is 3.60. The molecule has 5 heteroatoms. The second-order valence-electron chi connectivity index (χ2n) is 6.21. The van der Waals surface area contributed by atoms with Gasteiger partial charge in [-0.2, -0.15) is 0 Å². The van der Waals surface area contributed by atoms with Gasteiger partial charge >= 0.3 is 0 Å². The first-order chi connectivity index (χ1) is 11.4. The van der Waals surface area contributed by atoms with Crippen molar-refractivity contribution in [3.05, 3.63) is 48.3 Å². The Morgan fingerprint density at radius 2 is 2.22 bits per heavy atom. The highest BCUT2D eigenvalue weighted by Crippen LogP contribution is 2.25. The molecule has 3 heterocycles. The van der Waals surface area contributed by atoms with Crippen LogP contribution in [0.5, 0.6) is 0 Å². The van der Waals surface area contributed by atoms with Crippen molar-refractivity contribution in [1.82, 2.24) is 24.4 Å². The Labute approximate surface area is 136 Å². The number of aromatic nitrogens is 4. The predicted octanol–water partition coefficient (Wildman–Crippen LogP) is 2.92. The van der Waals surface area contributed by atoms with Crippen molar-refractivity contribution in [1.29, 1.82) is 0 Å². The molecule has 0 saturated carbocycles. The first-order valence-corrected chi connectivity index (χ1v) is 8.52. The molecule has 120 valence electrons. The Bertz CT molecular complexity index is 801. The summed E-state index contributed by atoms with van der Waals surface area (Å²) in [5.41, 5.74) is 2.30. The average molecular weight is 309 g/mol. The van der Waals surface area contributed by atoms with Gasteiger partial charge in [0.05, 0.1) is 17.6 Å². The predicted molar refractivity (Wildman–Crippen MR) is 91.3 cm³/mol. The lowest BCUT2D eigenvalue weighted by atomic mass is 9.99. The van der Waals surface area contributed by atoms with Gasteiger partial charge in [-0.25, -0.2) is 9.97 Å². The Morgan fingerprint density at radius 1 is 1.30 bits per heavy atom. The average Bonchev–Trinajstić information content (AvgIpc) is 3.19. The van der Waals surface area contributed by atoms with Gasteiger partial charge in [0.2, 0.25) is 0 Å². The topological polar surface area (TPSA) is 47.7 Å². The summed E-state index contributed by atoms with van der Waals surface area (Å²) in [4.78, 5) is 9.31. The van der Waals surface area contributed by atoms with Gasteiger partial charge in [0, 0.05) is 37.9 Å². The van der Waals surface area contributed by atoms with E-state index in [9.17, 15) is 0 Å². The Hall–Kier alpha value is -2.14. The summed E-state index contributed by atoms with van der Waals surface area (Å²) in [6.07, 6.45) is 6.47. The maximum Gasteiger partial charge on any atom is 0.123 e. The van der Waals surface area contributed by atoms with Gasteiger partial charge in [0.15, 0.2) is 0 Å². The maximum atomic E-state index is 4.78. The van der Waals surface area contributed by atoms with Crippen LogP contribution in [0.15, 0.2) is 36.7 Å². The van der Waals surface area contributed by atoms with E-state index in [1.54, 1.807) is 0 Å². The maximum absolute atomic E-state index is 4.78. The van der Waals surface area contributed by atoms with Crippen molar-refractivity contribution in [2.75, 3.05) is 6.54 Å². The van der Waals surface area contributed by atoms with Crippen LogP contribution in [0.3, 0.4) is 0 Å². The first kappa shape index (κ1) is 14.5. The molecule has 1 atom stereocenters. The molecule has 1 aliphatic heterocycles. The molecule has 0 bridgehead atoms. The lowest BCUT2D eigenvalue weighted by Crippen LogP contribution is -2.27. The summed E-state index contributed by atoms with van der Waals surface area (Å²) in [7, 11) is 0. The molecule has 0 saturated heterocycles. The summed E-state index contributed by atoms with van der Waals surface area (Å²) in [6, 6.07) is 8.36. The quantitative estimate of drug-likeness (QED) is 0.788. The minimum atomic E-state index is 0.512. The highest BCUT2D eigenvalue weighted by molar-refractivity contribution is 5.75. The molecule has 0 unspecified atom stereocenters. The number of imidazole rings is 2. The normalized spacial score (nSPS) is 17.5. The van der Waals surface area contributed by atoms with E-state index in [0.717, 1.165) is 37.5 Å². The molecule has 1 aliphatic rings. The van der Waals surface area contributed by atoms with Gasteiger partial charge in [-0.3, -0.25) is 0 Å². The van der Waals surface area contributed by atoms with E-state index in [0.29, 0.717) is 5.92 Å². The van der Waals surface area contributed by atoms with Crippen LogP contribution in [0.2, 0.25) is 0 Å². The van der Waals surface area contributed by atoms with Gasteiger partial charge in [-0.05, 0) is 31.9 Å². The van der Waals surface area contributed by atoms with Crippen molar-refractivity contribution < 1.29 is 0 Å². The number of aryl methyl sites for hydroxylation is 2. The molecule has 0 aliphatic carbocycles. The second-order valence-corrected chi connectivity index (χ2v) is 6.21.